The summed E-state index contributed by atoms with van der Waals surface area (Å²) in [6, 6.07) is 10.1. The van der Waals surface area contributed by atoms with Gasteiger partial charge < -0.3 is 9.31 Å². The topological polar surface area (TPSA) is 18.5 Å². The van der Waals surface area contributed by atoms with Gasteiger partial charge in [-0.2, -0.15) is 0 Å². The summed E-state index contributed by atoms with van der Waals surface area (Å²) in [7, 11) is -1.07. The highest BCUT2D eigenvalue weighted by Crippen LogP contribution is 2.37. The van der Waals surface area contributed by atoms with Gasteiger partial charge in [0, 0.05) is 5.56 Å². The minimum absolute atomic E-state index is 0.174. The van der Waals surface area contributed by atoms with Crippen molar-refractivity contribution in [1.29, 1.82) is 0 Å². The third-order valence-electron chi connectivity index (χ3n) is 4.98. The maximum Gasteiger partial charge on any atom is 0.500 e. The van der Waals surface area contributed by atoms with Crippen LogP contribution in [-0.4, -0.2) is 18.3 Å². The van der Waals surface area contributed by atoms with E-state index in [9.17, 15) is 4.39 Å². The zero-order valence-electron chi connectivity index (χ0n) is 14.6. The molecule has 0 aromatic heterocycles. The van der Waals surface area contributed by atoms with Crippen LogP contribution in [0.5, 0.6) is 0 Å². The van der Waals surface area contributed by atoms with Crippen LogP contribution in [0.4, 0.5) is 8.78 Å². The molecule has 0 radical (unpaired) electrons. The molecule has 1 heterocycles. The van der Waals surface area contributed by atoms with E-state index in [1.165, 1.54) is 12.1 Å². The molecule has 2 aromatic rings. The lowest BCUT2D eigenvalue weighted by Crippen LogP contribution is -2.41. The molecule has 0 aliphatic carbocycles. The first-order valence-electron chi connectivity index (χ1n) is 8.03. The Balaban J connectivity index is 2.07. The summed E-state index contributed by atoms with van der Waals surface area (Å²) < 4.78 is 41.1. The molecule has 0 atom stereocenters. The van der Waals surface area contributed by atoms with Crippen molar-refractivity contribution in [2.75, 3.05) is 0 Å². The molecule has 0 bridgehead atoms. The third kappa shape index (κ3) is 2.76. The molecule has 2 aromatic carbocycles. The molecule has 0 unspecified atom stereocenters. The van der Waals surface area contributed by atoms with Crippen molar-refractivity contribution in [3.05, 3.63) is 53.6 Å². The molecule has 2 nitrogen and oxygen atoms in total. The molecule has 5 heteroatoms. The van der Waals surface area contributed by atoms with E-state index in [1.54, 1.807) is 0 Å². The predicted octanol–water partition coefficient (Wildman–Crippen LogP) is 4.24. The second-order valence-electron chi connectivity index (χ2n) is 7.28. The molecule has 1 saturated heterocycles. The Kier molecular flexibility index (Phi) is 4.05. The lowest BCUT2D eigenvalue weighted by Gasteiger charge is -2.32. The Labute approximate surface area is 141 Å². The van der Waals surface area contributed by atoms with Gasteiger partial charge in [-0.15, -0.1) is 0 Å². The SMILES string of the molecule is Cc1ccc(-c2ccc(F)c(B3OC(C)(C)C(C)(C)O3)c2F)cc1. The Hall–Kier alpha value is -1.72. The van der Waals surface area contributed by atoms with Gasteiger partial charge in [0.15, 0.2) is 0 Å². The summed E-state index contributed by atoms with van der Waals surface area (Å²) >= 11 is 0. The van der Waals surface area contributed by atoms with E-state index >= 15 is 4.39 Å². The van der Waals surface area contributed by atoms with Crippen molar-refractivity contribution in [3.63, 3.8) is 0 Å². The van der Waals surface area contributed by atoms with Gasteiger partial charge in [0.05, 0.1) is 16.7 Å². The normalized spacial score (nSPS) is 18.9. The molecule has 0 saturated carbocycles. The minimum atomic E-state index is -1.07. The molecule has 126 valence electrons. The van der Waals surface area contributed by atoms with Gasteiger partial charge in [-0.3, -0.25) is 0 Å². The Morgan fingerprint density at radius 3 is 1.92 bits per heavy atom. The second-order valence-corrected chi connectivity index (χ2v) is 7.28. The number of aryl methyl sites for hydroxylation is 1. The first-order chi connectivity index (χ1) is 11.1. The van der Waals surface area contributed by atoms with Gasteiger partial charge in [0.1, 0.15) is 11.6 Å². The van der Waals surface area contributed by atoms with E-state index in [1.807, 2.05) is 58.9 Å². The molecular formula is C19H21BF2O2. The van der Waals surface area contributed by atoms with E-state index in [4.69, 9.17) is 9.31 Å². The first kappa shape index (κ1) is 17.1. The lowest BCUT2D eigenvalue weighted by molar-refractivity contribution is 0.00578. The van der Waals surface area contributed by atoms with Gasteiger partial charge >= 0.3 is 7.12 Å². The fraction of sp³-hybridized carbons (Fsp3) is 0.368. The zero-order valence-corrected chi connectivity index (χ0v) is 14.6. The summed E-state index contributed by atoms with van der Waals surface area (Å²) in [5.41, 5.74) is 0.614. The second kappa shape index (κ2) is 5.68. The average molecular weight is 330 g/mol. The van der Waals surface area contributed by atoms with E-state index in [2.05, 4.69) is 0 Å². The van der Waals surface area contributed by atoms with Gasteiger partial charge in [-0.25, -0.2) is 8.78 Å². The molecule has 1 aliphatic rings. The quantitative estimate of drug-likeness (QED) is 0.767. The number of halogens is 2. The maximum absolute atomic E-state index is 15.1. The van der Waals surface area contributed by atoms with Crippen LogP contribution >= 0.6 is 0 Å². The number of hydrogen-bond acceptors (Lipinski definition) is 2. The van der Waals surface area contributed by atoms with Crippen LogP contribution in [0, 0.1) is 18.6 Å². The van der Waals surface area contributed by atoms with Crippen molar-refractivity contribution in [2.24, 2.45) is 0 Å². The van der Waals surface area contributed by atoms with Crippen LogP contribution < -0.4 is 5.46 Å². The largest absolute Gasteiger partial charge is 0.500 e. The van der Waals surface area contributed by atoms with Crippen LogP contribution in [0.3, 0.4) is 0 Å². The summed E-state index contributed by atoms with van der Waals surface area (Å²) in [6.07, 6.45) is 0. The van der Waals surface area contributed by atoms with E-state index in [0.29, 0.717) is 11.1 Å². The molecule has 24 heavy (non-hydrogen) atoms. The van der Waals surface area contributed by atoms with Crippen molar-refractivity contribution >= 4 is 12.6 Å². The highest BCUT2D eigenvalue weighted by atomic mass is 19.1. The van der Waals surface area contributed by atoms with Crippen LogP contribution in [0.15, 0.2) is 36.4 Å². The van der Waals surface area contributed by atoms with Gasteiger partial charge in [0.2, 0.25) is 0 Å². The summed E-state index contributed by atoms with van der Waals surface area (Å²) in [5.74, 6) is -1.31. The van der Waals surface area contributed by atoms with E-state index in [0.717, 1.165) is 5.56 Å². The Morgan fingerprint density at radius 1 is 0.833 bits per heavy atom. The fourth-order valence-electron chi connectivity index (χ4n) is 2.70. The van der Waals surface area contributed by atoms with E-state index < -0.39 is 30.0 Å². The van der Waals surface area contributed by atoms with Crippen LogP contribution in [0.25, 0.3) is 11.1 Å². The van der Waals surface area contributed by atoms with Crippen molar-refractivity contribution < 1.29 is 18.1 Å². The standard InChI is InChI=1S/C19H21BF2O2/c1-12-6-8-13(9-7-12)14-10-11-15(21)16(17(14)22)20-23-18(2,3)19(4,5)24-20/h6-11H,1-5H3. The minimum Gasteiger partial charge on any atom is -0.399 e. The summed E-state index contributed by atoms with van der Waals surface area (Å²) in [5, 5.41) is 0. The smallest absolute Gasteiger partial charge is 0.399 e. The Morgan fingerprint density at radius 2 is 1.38 bits per heavy atom. The summed E-state index contributed by atoms with van der Waals surface area (Å²) in [6.45, 7) is 9.37. The molecule has 1 fully saturated rings. The van der Waals surface area contributed by atoms with Crippen molar-refractivity contribution in [1.82, 2.24) is 0 Å². The van der Waals surface area contributed by atoms with Gasteiger partial charge in [-0.1, -0.05) is 29.8 Å². The number of benzene rings is 2. The van der Waals surface area contributed by atoms with E-state index in [-0.39, 0.29) is 5.46 Å². The molecular weight excluding hydrogens is 309 g/mol. The van der Waals surface area contributed by atoms with Crippen molar-refractivity contribution in [3.8, 4) is 11.1 Å². The van der Waals surface area contributed by atoms with Crippen molar-refractivity contribution in [2.45, 2.75) is 45.8 Å². The van der Waals surface area contributed by atoms with Crippen LogP contribution in [0.2, 0.25) is 0 Å². The first-order valence-corrected chi connectivity index (χ1v) is 8.03. The number of hydrogen-bond donors (Lipinski definition) is 0. The molecule has 3 rings (SSSR count). The monoisotopic (exact) mass is 330 g/mol. The van der Waals surface area contributed by atoms with Gasteiger partial charge in [-0.05, 0) is 52.3 Å². The molecule has 0 N–H and O–H groups in total. The zero-order chi connectivity index (χ0) is 17.7. The summed E-state index contributed by atoms with van der Waals surface area (Å²) in [4.78, 5) is 0. The highest BCUT2D eigenvalue weighted by Gasteiger charge is 2.53. The molecule has 0 amide bonds. The third-order valence-corrected chi connectivity index (χ3v) is 4.98. The maximum atomic E-state index is 15.1. The Bertz CT molecular complexity index is 754. The number of rotatable bonds is 2. The molecule has 1 aliphatic heterocycles. The molecule has 0 spiro atoms. The fourth-order valence-corrected chi connectivity index (χ4v) is 2.70. The van der Waals surface area contributed by atoms with Crippen LogP contribution in [-0.2, 0) is 9.31 Å². The average Bonchev–Trinajstić information content (AvgIpc) is 2.68. The van der Waals surface area contributed by atoms with Gasteiger partial charge in [0.25, 0.3) is 0 Å². The predicted molar refractivity (Wildman–Crippen MR) is 92.2 cm³/mol. The highest BCUT2D eigenvalue weighted by molar-refractivity contribution is 6.62. The van der Waals surface area contributed by atoms with Crippen LogP contribution in [0.1, 0.15) is 33.3 Å². The lowest BCUT2D eigenvalue weighted by atomic mass is 9.76.